The molecule has 1 N–H and O–H groups in total. The van der Waals surface area contributed by atoms with Gasteiger partial charge in [0.1, 0.15) is 11.5 Å². The zero-order valence-corrected chi connectivity index (χ0v) is 11.5. The van der Waals surface area contributed by atoms with Gasteiger partial charge in [0.05, 0.1) is 5.56 Å². The molecule has 5 heteroatoms. The molecule has 0 aliphatic heterocycles. The van der Waals surface area contributed by atoms with Crippen molar-refractivity contribution >= 4 is 0 Å². The zero-order valence-electron chi connectivity index (χ0n) is 11.5. The summed E-state index contributed by atoms with van der Waals surface area (Å²) in [5.41, 5.74) is 1.52. The molecule has 0 saturated heterocycles. The highest BCUT2D eigenvalue weighted by Gasteiger charge is 2.13. The van der Waals surface area contributed by atoms with Crippen molar-refractivity contribution < 1.29 is 14.4 Å². The summed E-state index contributed by atoms with van der Waals surface area (Å²) in [7, 11) is 0. The minimum atomic E-state index is 0.111. The number of ether oxygens (including phenoxy) is 1. The molecule has 0 aliphatic rings. The molecule has 0 saturated carbocycles. The van der Waals surface area contributed by atoms with Crippen molar-refractivity contribution in [3.63, 3.8) is 0 Å². The lowest BCUT2D eigenvalue weighted by molar-refractivity contribution is 0.287. The fourth-order valence-electron chi connectivity index (χ4n) is 1.91. The van der Waals surface area contributed by atoms with Crippen LogP contribution in [0.25, 0.3) is 11.5 Å². The first-order valence-corrected chi connectivity index (χ1v) is 6.53. The Bertz CT molecular complexity index is 738. The van der Waals surface area contributed by atoms with Crippen molar-refractivity contribution in [2.45, 2.75) is 13.5 Å². The molecular weight excluding hydrogens is 268 g/mol. The summed E-state index contributed by atoms with van der Waals surface area (Å²) in [5.74, 6) is 1.56. The number of aromatic hydroxyl groups is 1. The van der Waals surface area contributed by atoms with Gasteiger partial charge < -0.3 is 14.4 Å². The highest BCUT2D eigenvalue weighted by Crippen LogP contribution is 2.28. The van der Waals surface area contributed by atoms with Gasteiger partial charge >= 0.3 is 0 Å². The number of phenols is 1. The fraction of sp³-hybridized carbons (Fsp3) is 0.125. The molecule has 0 radical (unpaired) electrons. The van der Waals surface area contributed by atoms with Crippen LogP contribution in [0.5, 0.6) is 11.5 Å². The van der Waals surface area contributed by atoms with E-state index in [9.17, 15) is 5.11 Å². The minimum absolute atomic E-state index is 0.111. The third-order valence-corrected chi connectivity index (χ3v) is 2.96. The largest absolute Gasteiger partial charge is 0.507 e. The first-order chi connectivity index (χ1) is 10.2. The number of hydrogen-bond acceptors (Lipinski definition) is 5. The molecule has 106 valence electrons. The van der Waals surface area contributed by atoms with Crippen LogP contribution in [0.15, 0.2) is 53.1 Å². The van der Waals surface area contributed by atoms with Crippen LogP contribution in [0, 0.1) is 6.92 Å². The van der Waals surface area contributed by atoms with Crippen LogP contribution in [-0.2, 0) is 6.61 Å². The van der Waals surface area contributed by atoms with Crippen LogP contribution < -0.4 is 4.74 Å². The average Bonchev–Trinajstić information content (AvgIpc) is 2.97. The van der Waals surface area contributed by atoms with E-state index in [0.29, 0.717) is 11.4 Å². The van der Waals surface area contributed by atoms with Crippen LogP contribution >= 0.6 is 0 Å². The summed E-state index contributed by atoms with van der Waals surface area (Å²) >= 11 is 0. The molecule has 0 spiro atoms. The molecule has 0 bridgehead atoms. The number of aryl methyl sites for hydroxylation is 1. The van der Waals surface area contributed by atoms with Crippen molar-refractivity contribution in [2.75, 3.05) is 0 Å². The molecule has 21 heavy (non-hydrogen) atoms. The van der Waals surface area contributed by atoms with Gasteiger partial charge in [-0.1, -0.05) is 35.0 Å². The van der Waals surface area contributed by atoms with Gasteiger partial charge in [-0.25, -0.2) is 0 Å². The van der Waals surface area contributed by atoms with Gasteiger partial charge in [-0.2, -0.15) is 4.98 Å². The Kier molecular flexibility index (Phi) is 3.55. The smallest absolute Gasteiger partial charge is 0.261 e. The number of para-hydroxylation sites is 1. The van der Waals surface area contributed by atoms with Crippen molar-refractivity contribution in [3.05, 3.63) is 59.9 Å². The van der Waals surface area contributed by atoms with E-state index in [1.807, 2.05) is 43.3 Å². The van der Waals surface area contributed by atoms with Crippen molar-refractivity contribution in [1.29, 1.82) is 0 Å². The second kappa shape index (κ2) is 5.66. The summed E-state index contributed by atoms with van der Waals surface area (Å²) in [4.78, 5) is 4.23. The van der Waals surface area contributed by atoms with Gasteiger partial charge in [0.2, 0.25) is 5.82 Å². The maximum absolute atomic E-state index is 9.85. The number of benzene rings is 2. The number of rotatable bonds is 4. The van der Waals surface area contributed by atoms with Gasteiger partial charge in [-0.05, 0) is 31.2 Å². The van der Waals surface area contributed by atoms with Crippen LogP contribution in [0.2, 0.25) is 0 Å². The SMILES string of the molecule is Cc1ccc(O)c(-c2nc(COc3ccccc3)no2)c1. The molecule has 0 aliphatic carbocycles. The first kappa shape index (κ1) is 13.2. The van der Waals surface area contributed by atoms with Crippen molar-refractivity contribution in [1.82, 2.24) is 10.1 Å². The lowest BCUT2D eigenvalue weighted by atomic mass is 10.1. The third kappa shape index (κ3) is 3.02. The summed E-state index contributed by atoms with van der Waals surface area (Å²) in [6, 6.07) is 14.6. The predicted molar refractivity (Wildman–Crippen MR) is 76.9 cm³/mol. The Balaban J connectivity index is 1.76. The molecule has 5 nitrogen and oxygen atoms in total. The standard InChI is InChI=1S/C16H14N2O3/c1-11-7-8-14(19)13(9-11)16-17-15(18-21-16)10-20-12-5-3-2-4-6-12/h2-9,19H,10H2,1H3. The summed E-state index contributed by atoms with van der Waals surface area (Å²) in [5, 5.41) is 13.7. The predicted octanol–water partition coefficient (Wildman–Crippen LogP) is 3.33. The monoisotopic (exact) mass is 282 g/mol. The molecule has 0 atom stereocenters. The van der Waals surface area contributed by atoms with Gasteiger partial charge in [0.25, 0.3) is 5.89 Å². The number of aromatic nitrogens is 2. The Morgan fingerprint density at radius 1 is 1.14 bits per heavy atom. The van der Waals surface area contributed by atoms with E-state index in [4.69, 9.17) is 9.26 Å². The average molecular weight is 282 g/mol. The normalized spacial score (nSPS) is 10.5. The second-order valence-electron chi connectivity index (χ2n) is 4.64. The number of phenolic OH excluding ortho intramolecular Hbond substituents is 1. The van der Waals surface area contributed by atoms with E-state index >= 15 is 0 Å². The maximum Gasteiger partial charge on any atom is 0.261 e. The Labute approximate surface area is 121 Å². The minimum Gasteiger partial charge on any atom is -0.507 e. The van der Waals surface area contributed by atoms with Gasteiger partial charge in [-0.15, -0.1) is 0 Å². The molecule has 3 aromatic rings. The maximum atomic E-state index is 9.85. The van der Waals surface area contributed by atoms with Crippen molar-refractivity contribution in [2.24, 2.45) is 0 Å². The number of hydrogen-bond donors (Lipinski definition) is 1. The van der Waals surface area contributed by atoms with Crippen LogP contribution in [-0.4, -0.2) is 15.2 Å². The Morgan fingerprint density at radius 2 is 1.95 bits per heavy atom. The van der Waals surface area contributed by atoms with E-state index in [1.165, 1.54) is 0 Å². The Hall–Kier alpha value is -2.82. The molecule has 0 fully saturated rings. The summed E-state index contributed by atoms with van der Waals surface area (Å²) in [6.07, 6.45) is 0. The molecule has 3 rings (SSSR count). The van der Waals surface area contributed by atoms with E-state index in [2.05, 4.69) is 10.1 Å². The van der Waals surface area contributed by atoms with E-state index in [-0.39, 0.29) is 18.2 Å². The fourth-order valence-corrected chi connectivity index (χ4v) is 1.91. The van der Waals surface area contributed by atoms with Crippen molar-refractivity contribution in [3.8, 4) is 23.0 Å². The van der Waals surface area contributed by atoms with E-state index in [0.717, 1.165) is 11.3 Å². The topological polar surface area (TPSA) is 68.4 Å². The Morgan fingerprint density at radius 3 is 2.76 bits per heavy atom. The lowest BCUT2D eigenvalue weighted by Crippen LogP contribution is -1.97. The molecule has 2 aromatic carbocycles. The molecule has 0 unspecified atom stereocenters. The summed E-state index contributed by atoms with van der Waals surface area (Å²) in [6.45, 7) is 2.14. The van der Waals surface area contributed by atoms with Crippen LogP contribution in [0.3, 0.4) is 0 Å². The molecule has 1 heterocycles. The second-order valence-corrected chi connectivity index (χ2v) is 4.64. The molecule has 0 amide bonds. The van der Waals surface area contributed by atoms with Gasteiger partial charge in [0.15, 0.2) is 6.61 Å². The van der Waals surface area contributed by atoms with Gasteiger partial charge in [-0.3, -0.25) is 0 Å². The highest BCUT2D eigenvalue weighted by molar-refractivity contribution is 5.62. The van der Waals surface area contributed by atoms with Crippen LogP contribution in [0.4, 0.5) is 0 Å². The zero-order chi connectivity index (χ0) is 14.7. The lowest BCUT2D eigenvalue weighted by Gasteiger charge is -2.01. The molecular formula is C16H14N2O3. The summed E-state index contributed by atoms with van der Waals surface area (Å²) < 4.78 is 10.7. The first-order valence-electron chi connectivity index (χ1n) is 6.53. The van der Waals surface area contributed by atoms with Crippen LogP contribution in [0.1, 0.15) is 11.4 Å². The van der Waals surface area contributed by atoms with E-state index in [1.54, 1.807) is 12.1 Å². The number of nitrogens with zero attached hydrogens (tertiary/aromatic N) is 2. The third-order valence-electron chi connectivity index (χ3n) is 2.96. The molecule has 1 aromatic heterocycles. The van der Waals surface area contributed by atoms with Gasteiger partial charge in [0, 0.05) is 0 Å². The van der Waals surface area contributed by atoms with E-state index < -0.39 is 0 Å². The highest BCUT2D eigenvalue weighted by atomic mass is 16.5. The quantitative estimate of drug-likeness (QED) is 0.795.